The maximum Gasteiger partial charge on any atom is 0.272 e. The van der Waals surface area contributed by atoms with Gasteiger partial charge in [-0.3, -0.25) is 14.2 Å². The highest BCUT2D eigenvalue weighted by atomic mass is 32.1. The summed E-state index contributed by atoms with van der Waals surface area (Å²) < 4.78 is 1.89. The average Bonchev–Trinajstić information content (AvgIpc) is 3.34. The van der Waals surface area contributed by atoms with E-state index in [1.807, 2.05) is 48.1 Å². The molecule has 0 aliphatic rings. The Morgan fingerprint density at radius 3 is 2.68 bits per heavy atom. The van der Waals surface area contributed by atoms with Crippen LogP contribution in [0.5, 0.6) is 0 Å². The highest BCUT2D eigenvalue weighted by molar-refractivity contribution is 7.15. The Bertz CT molecular complexity index is 1100. The molecule has 0 saturated heterocycles. The molecule has 4 rings (SSSR count). The average molecular weight is 391 g/mol. The van der Waals surface area contributed by atoms with E-state index in [1.54, 1.807) is 11.1 Å². The van der Waals surface area contributed by atoms with Crippen LogP contribution in [-0.4, -0.2) is 32.2 Å². The number of benzene rings is 1. The van der Waals surface area contributed by atoms with E-state index >= 15 is 0 Å². The van der Waals surface area contributed by atoms with Gasteiger partial charge in [0.2, 0.25) is 0 Å². The topological polar surface area (TPSA) is 50.5 Å². The van der Waals surface area contributed by atoms with E-state index in [2.05, 4.69) is 36.2 Å². The van der Waals surface area contributed by atoms with Crippen molar-refractivity contribution in [1.29, 1.82) is 0 Å². The molecule has 1 atom stereocenters. The summed E-state index contributed by atoms with van der Waals surface area (Å²) in [5.74, 6) is -0.0466. The molecular formula is C22H22N4OS. The Hall–Kier alpha value is -2.99. The summed E-state index contributed by atoms with van der Waals surface area (Å²) in [6.07, 6.45) is 4.70. The zero-order chi connectivity index (χ0) is 19.7. The van der Waals surface area contributed by atoms with Gasteiger partial charge in [-0.2, -0.15) is 0 Å². The van der Waals surface area contributed by atoms with Gasteiger partial charge >= 0.3 is 0 Å². The number of thiazole rings is 1. The lowest BCUT2D eigenvalue weighted by atomic mass is 10.1. The number of amides is 1. The summed E-state index contributed by atoms with van der Waals surface area (Å²) in [5, 5.41) is 1.87. The van der Waals surface area contributed by atoms with Gasteiger partial charge in [0.25, 0.3) is 5.91 Å². The van der Waals surface area contributed by atoms with Crippen molar-refractivity contribution in [1.82, 2.24) is 19.3 Å². The molecular weight excluding hydrogens is 368 g/mol. The van der Waals surface area contributed by atoms with Crippen LogP contribution in [0.3, 0.4) is 0 Å². The third-order valence-corrected chi connectivity index (χ3v) is 5.94. The number of imidazole rings is 1. The van der Waals surface area contributed by atoms with Gasteiger partial charge in [0.05, 0.1) is 17.4 Å². The highest BCUT2D eigenvalue weighted by Crippen LogP contribution is 2.26. The molecule has 0 radical (unpaired) electrons. The molecule has 0 saturated carbocycles. The van der Waals surface area contributed by atoms with Gasteiger partial charge in [-0.05, 0) is 31.0 Å². The van der Waals surface area contributed by atoms with Crippen LogP contribution in [0.15, 0.2) is 60.2 Å². The zero-order valence-corrected chi connectivity index (χ0v) is 17.0. The normalized spacial score (nSPS) is 12.2. The summed E-state index contributed by atoms with van der Waals surface area (Å²) in [5.41, 5.74) is 4.72. The largest absolute Gasteiger partial charge is 0.332 e. The lowest BCUT2D eigenvalue weighted by Gasteiger charge is -2.24. The van der Waals surface area contributed by atoms with E-state index in [-0.39, 0.29) is 11.9 Å². The number of nitrogens with zero attached hydrogens (tertiary/aromatic N) is 4. The van der Waals surface area contributed by atoms with E-state index in [0.717, 1.165) is 28.3 Å². The van der Waals surface area contributed by atoms with Gasteiger partial charge in [0.1, 0.15) is 5.69 Å². The lowest BCUT2D eigenvalue weighted by molar-refractivity contribution is 0.0733. The van der Waals surface area contributed by atoms with Gasteiger partial charge in [-0.25, -0.2) is 4.98 Å². The van der Waals surface area contributed by atoms with Crippen LogP contribution in [-0.2, 0) is 6.42 Å². The van der Waals surface area contributed by atoms with Crippen LogP contribution in [0.1, 0.15) is 41.6 Å². The van der Waals surface area contributed by atoms with Crippen LogP contribution in [0.2, 0.25) is 0 Å². The predicted octanol–water partition coefficient (Wildman–Crippen LogP) is 4.85. The Morgan fingerprint density at radius 2 is 2.00 bits per heavy atom. The lowest BCUT2D eigenvalue weighted by Crippen LogP contribution is -2.30. The fourth-order valence-electron chi connectivity index (χ4n) is 3.17. The third-order valence-electron chi connectivity index (χ3n) is 5.10. The molecule has 4 aromatic rings. The number of aromatic nitrogens is 3. The number of pyridine rings is 1. The minimum absolute atomic E-state index is 0.0466. The molecule has 3 aromatic heterocycles. The molecule has 0 bridgehead atoms. The smallest absolute Gasteiger partial charge is 0.272 e. The van der Waals surface area contributed by atoms with E-state index in [9.17, 15) is 4.79 Å². The Labute approximate surface area is 168 Å². The van der Waals surface area contributed by atoms with Crippen LogP contribution in [0, 0.1) is 0 Å². The van der Waals surface area contributed by atoms with Crippen molar-refractivity contribution in [2.45, 2.75) is 26.3 Å². The Balaban J connectivity index is 1.63. The van der Waals surface area contributed by atoms with Crippen molar-refractivity contribution >= 4 is 22.2 Å². The Kier molecular flexibility index (Phi) is 4.96. The molecule has 5 nitrogen and oxygen atoms in total. The predicted molar refractivity (Wildman–Crippen MR) is 113 cm³/mol. The monoisotopic (exact) mass is 390 g/mol. The number of carbonyl (C=O) groups is 1. The zero-order valence-electron chi connectivity index (χ0n) is 16.2. The molecule has 0 fully saturated rings. The fourth-order valence-corrected chi connectivity index (χ4v) is 4.01. The van der Waals surface area contributed by atoms with E-state index in [1.165, 1.54) is 16.9 Å². The molecule has 3 heterocycles. The number of rotatable bonds is 5. The number of hydrogen-bond acceptors (Lipinski definition) is 4. The number of fused-ring (bicyclic) bond motifs is 1. The van der Waals surface area contributed by atoms with Crippen molar-refractivity contribution in [3.05, 3.63) is 77.2 Å². The molecule has 28 heavy (non-hydrogen) atoms. The summed E-state index contributed by atoms with van der Waals surface area (Å²) in [6.45, 7) is 4.13. The first-order valence-corrected chi connectivity index (χ1v) is 10.2. The van der Waals surface area contributed by atoms with Crippen molar-refractivity contribution in [2.75, 3.05) is 7.05 Å². The Morgan fingerprint density at radius 1 is 1.21 bits per heavy atom. The van der Waals surface area contributed by atoms with Gasteiger partial charge in [0, 0.05) is 30.4 Å². The molecule has 0 spiro atoms. The quantitative estimate of drug-likeness (QED) is 0.489. The van der Waals surface area contributed by atoms with Gasteiger partial charge in [-0.1, -0.05) is 37.3 Å². The van der Waals surface area contributed by atoms with Crippen LogP contribution >= 0.6 is 11.3 Å². The fraction of sp³-hybridized carbons (Fsp3) is 0.227. The molecule has 6 heteroatoms. The molecule has 1 amide bonds. The van der Waals surface area contributed by atoms with Crippen molar-refractivity contribution in [3.8, 4) is 11.3 Å². The first kappa shape index (κ1) is 18.4. The molecule has 0 aliphatic carbocycles. The maximum absolute atomic E-state index is 13.1. The molecule has 0 unspecified atom stereocenters. The van der Waals surface area contributed by atoms with Crippen LogP contribution in [0.25, 0.3) is 16.2 Å². The van der Waals surface area contributed by atoms with Crippen molar-refractivity contribution in [3.63, 3.8) is 0 Å². The summed E-state index contributed by atoms with van der Waals surface area (Å²) in [7, 11) is 1.81. The van der Waals surface area contributed by atoms with Gasteiger partial charge in [-0.15, -0.1) is 11.3 Å². The summed E-state index contributed by atoms with van der Waals surface area (Å²) >= 11 is 1.48. The SMILES string of the molecule is CCc1ccc(-c2cn3c(C(=O)N(C)[C@H](C)c4ccccn4)csc3n2)cc1. The summed E-state index contributed by atoms with van der Waals surface area (Å²) in [4.78, 5) is 24.7. The number of aryl methyl sites for hydroxylation is 1. The maximum atomic E-state index is 13.1. The van der Waals surface area contributed by atoms with E-state index in [4.69, 9.17) is 4.98 Å². The van der Waals surface area contributed by atoms with Crippen LogP contribution in [0.4, 0.5) is 0 Å². The first-order valence-electron chi connectivity index (χ1n) is 9.32. The number of hydrogen-bond donors (Lipinski definition) is 0. The van der Waals surface area contributed by atoms with Crippen molar-refractivity contribution < 1.29 is 4.79 Å². The molecule has 0 aliphatic heterocycles. The van der Waals surface area contributed by atoms with Crippen molar-refractivity contribution in [2.24, 2.45) is 0 Å². The van der Waals surface area contributed by atoms with Gasteiger partial charge < -0.3 is 4.90 Å². The van der Waals surface area contributed by atoms with Crippen LogP contribution < -0.4 is 0 Å². The first-order chi connectivity index (χ1) is 13.6. The second kappa shape index (κ2) is 7.56. The second-order valence-corrected chi connectivity index (χ2v) is 7.63. The molecule has 142 valence electrons. The van der Waals surface area contributed by atoms with E-state index in [0.29, 0.717) is 5.69 Å². The second-order valence-electron chi connectivity index (χ2n) is 6.80. The van der Waals surface area contributed by atoms with Gasteiger partial charge in [0.15, 0.2) is 4.96 Å². The minimum Gasteiger partial charge on any atom is -0.332 e. The molecule has 1 aromatic carbocycles. The third kappa shape index (κ3) is 3.31. The molecule has 0 N–H and O–H groups in total. The summed E-state index contributed by atoms with van der Waals surface area (Å²) in [6, 6.07) is 14.0. The number of carbonyl (C=O) groups excluding carboxylic acids is 1. The van der Waals surface area contributed by atoms with E-state index < -0.39 is 0 Å². The standard InChI is InChI=1S/C22H22N4OS/c1-4-16-8-10-17(11-9-16)19-13-26-20(14-28-22(26)24-19)21(27)25(3)15(2)18-7-5-6-12-23-18/h5-15H,4H2,1-3H3/t15-/m1/s1. The minimum atomic E-state index is -0.117. The highest BCUT2D eigenvalue weighted by Gasteiger charge is 2.23.